The second-order valence-electron chi connectivity index (χ2n) is 32.7. The van der Waals surface area contributed by atoms with Gasteiger partial charge >= 0.3 is 17.9 Å². The molecule has 8 aromatic rings. The monoisotopic (exact) mass is 2090 g/mol. The Morgan fingerprint density at radius 3 is 0.979 bits per heavy atom. The number of amides is 7. The highest BCUT2D eigenvalue weighted by molar-refractivity contribution is 8.00. The van der Waals surface area contributed by atoms with Gasteiger partial charge in [-0.25, -0.2) is 53.9 Å². The van der Waals surface area contributed by atoms with Crippen LogP contribution in [0.25, 0.3) is 0 Å². The van der Waals surface area contributed by atoms with Gasteiger partial charge in [-0.1, -0.05) is 7.43 Å². The van der Waals surface area contributed by atoms with Crippen molar-refractivity contribution >= 4 is 125 Å². The molecule has 8 aliphatic rings. The number of carboxylic acid groups (broad SMARTS) is 2. The molecular weight excluding hydrogens is 1990 g/mol. The van der Waals surface area contributed by atoms with Crippen molar-refractivity contribution in [3.8, 4) is 28.7 Å². The summed E-state index contributed by atoms with van der Waals surface area (Å²) >= 11 is 10.4. The highest BCUT2D eigenvalue weighted by atomic mass is 32.2. The van der Waals surface area contributed by atoms with Crippen molar-refractivity contribution in [1.29, 1.82) is 0 Å². The molecular formula is C91H98F9N13O24S5. The van der Waals surface area contributed by atoms with Gasteiger partial charge in [0.15, 0.2) is 57.2 Å². The summed E-state index contributed by atoms with van der Waals surface area (Å²) in [5.74, 6) is -16.7. The van der Waals surface area contributed by atoms with Crippen LogP contribution in [0.3, 0.4) is 0 Å². The lowest BCUT2D eigenvalue weighted by Crippen LogP contribution is -2.54. The summed E-state index contributed by atoms with van der Waals surface area (Å²) in [6.45, 7) is 8.86. The SMILES string of the molecule is C.COC(=O)c1c(OC)c(=O)c(C(=O)O)cn1CC=O.COc1c2n(cc(C(=O)NCc3c(F)cc(F)cc3F)c1=O)CC1SCC[C@@H](C)N1C2=O.COc1c2n(cc(C(=O)O)c1=O)CC1SCC[C@@H](C)N1C2=O.C[C@@H](N)CCS.C[C@@H]1CCSC2Cn3cc(C(=O)NCc4c(F)cc(F)cc4F)c(=O)c(O)c3C(=O)N21.C[C@@H]1CCSC2Cn3cc(C(=O)NCc4c(F)cc(F)cc4F)c(=O)c(O)c3C(=O)N21. The van der Waals surface area contributed by atoms with Crippen LogP contribution in [0.4, 0.5) is 39.5 Å². The number of aromatic hydroxyl groups is 2. The minimum absolute atomic E-state index is 0. The largest absolute Gasteiger partial charge is 0.503 e. The second-order valence-corrected chi connectivity index (χ2v) is 38.3. The fourth-order valence-electron chi connectivity index (χ4n) is 16.3. The molecule has 0 spiro atoms. The fraction of sp³-hybridized carbons (Fsp3) is 0.407. The molecule has 37 nitrogen and oxygen atoms in total. The lowest BCUT2D eigenvalue weighted by Gasteiger charge is -2.44. The summed E-state index contributed by atoms with van der Waals surface area (Å²) < 4.78 is 148. The number of ether oxygens (including phenoxy) is 4. The first-order chi connectivity index (χ1) is 66.8. The molecule has 8 aliphatic heterocycles. The Bertz CT molecular complexity index is 6400. The third-order valence-electron chi connectivity index (χ3n) is 23.5. The van der Waals surface area contributed by atoms with E-state index in [-0.39, 0.29) is 136 Å². The number of aldehydes is 1. The number of fused-ring (bicyclic) bond motifs is 8. The molecule has 0 aliphatic carbocycles. The van der Waals surface area contributed by atoms with Crippen LogP contribution in [0, 0.1) is 52.4 Å². The number of nitrogens with zero attached hydrogens (tertiary/aromatic N) is 9. The molecule has 764 valence electrons. The van der Waals surface area contributed by atoms with Crippen molar-refractivity contribution in [2.75, 3.05) is 57.2 Å². The number of carbonyl (C=O) groups excluding carboxylic acids is 9. The van der Waals surface area contributed by atoms with Crippen LogP contribution in [0.15, 0.2) is 91.4 Å². The number of nitrogens with one attached hydrogen (secondary N) is 3. The fourth-order valence-corrected chi connectivity index (χ4v) is 22.7. The number of carboxylic acids is 2. The van der Waals surface area contributed by atoms with Gasteiger partial charge in [0.1, 0.15) is 86.5 Å². The molecule has 4 saturated heterocycles. The van der Waals surface area contributed by atoms with Crippen LogP contribution in [0.1, 0.15) is 195 Å². The van der Waals surface area contributed by atoms with Crippen LogP contribution in [-0.2, 0) is 61.9 Å². The number of aromatic nitrogens is 5. The number of benzene rings is 3. The normalized spacial score (nSPS) is 18.9. The molecule has 0 saturated carbocycles. The van der Waals surface area contributed by atoms with E-state index >= 15 is 0 Å². The molecule has 9 N–H and O–H groups in total. The summed E-state index contributed by atoms with van der Waals surface area (Å²) in [6.07, 6.45) is 10.5. The third-order valence-corrected chi connectivity index (χ3v) is 28.7. The number of esters is 1. The lowest BCUT2D eigenvalue weighted by atomic mass is 10.1. The molecule has 142 heavy (non-hydrogen) atoms. The summed E-state index contributed by atoms with van der Waals surface area (Å²) in [5, 5.41) is 44.9. The second kappa shape index (κ2) is 47.6. The van der Waals surface area contributed by atoms with E-state index in [2.05, 4.69) is 33.3 Å². The maximum absolute atomic E-state index is 13.9. The van der Waals surface area contributed by atoms with Gasteiger partial charge in [-0.2, -0.15) is 12.6 Å². The van der Waals surface area contributed by atoms with E-state index in [1.165, 1.54) is 57.3 Å². The molecule has 51 heteroatoms. The molecule has 0 bridgehead atoms. The number of pyridine rings is 5. The van der Waals surface area contributed by atoms with Crippen LogP contribution in [0.5, 0.6) is 28.7 Å². The zero-order valence-electron chi connectivity index (χ0n) is 76.4. The van der Waals surface area contributed by atoms with Gasteiger partial charge in [-0.3, -0.25) is 57.5 Å². The lowest BCUT2D eigenvalue weighted by molar-refractivity contribution is -0.108. The van der Waals surface area contributed by atoms with E-state index < -0.39 is 197 Å². The van der Waals surface area contributed by atoms with E-state index in [9.17, 15) is 126 Å². The van der Waals surface area contributed by atoms with E-state index in [0.29, 0.717) is 61.8 Å². The summed E-state index contributed by atoms with van der Waals surface area (Å²) in [7, 11) is 4.70. The Balaban J connectivity index is 0.000000181. The van der Waals surface area contributed by atoms with Crippen molar-refractivity contribution in [2.45, 2.75) is 178 Å². The third kappa shape index (κ3) is 23.6. The standard InChI is InChI=1S/C21H20F3N3O4S.2C20H18F3N3O4S.C14H16N2O5S.C11H11NO7.C4H11NS.CH4/c1-10-3-4-32-16-9-26-8-13(18(28)19(31-2)17(26)21(30)27(10)16)20(29)25-7-12-14(23)5-11(22)6-15(12)24;2*1-9-2-3-31-15-8-25-7-12(17(27)18(28)16(25)20(30)26(9)15)19(29)24-6-11-13(22)4-10(21)5-14(11)23;1-7-3-4-22-9-6-15-5-8(14(19)20)11(17)12(21-2)10(15)13(18)16(7)9;1-18-9-7(11(17)19-2)12(3-4-13)5-6(8(9)14)10(15)16;1-4(5)2-3-6;/h5-6,8,10,16H,3-4,7,9H2,1-2H3,(H,25,29);2*4-5,7,9,15,28H,2-3,6,8H2,1H3,(H,24,29);5,7,9H,3-4,6H2,1-2H3,(H,19,20);4-5H,3H2,1-2H3,(H,15,16);4,6H,2-3,5H2,1H3;1H4/t10-,16?;2*9-,15?;7-,9?;;4-;/m1111.1./s1. The molecule has 16 rings (SSSR count). The summed E-state index contributed by atoms with van der Waals surface area (Å²) in [6, 6.07) is 3.22. The molecule has 3 aromatic carbocycles. The predicted octanol–water partition coefficient (Wildman–Crippen LogP) is 8.62. The Morgan fingerprint density at radius 2 is 0.711 bits per heavy atom. The van der Waals surface area contributed by atoms with Gasteiger partial charge in [0.05, 0.1) is 82.7 Å². The maximum Gasteiger partial charge on any atom is 0.358 e. The van der Waals surface area contributed by atoms with Crippen molar-refractivity contribution in [3.05, 3.63) is 244 Å². The van der Waals surface area contributed by atoms with Crippen molar-refractivity contribution in [3.63, 3.8) is 0 Å². The maximum atomic E-state index is 13.9. The Hall–Kier alpha value is -13.1. The number of thioether (sulfide) groups is 4. The molecule has 7 amide bonds. The number of aromatic carboxylic acids is 2. The number of halogens is 9. The van der Waals surface area contributed by atoms with Crippen LogP contribution < -0.4 is 63.0 Å². The number of nitrogens with two attached hydrogens (primary N) is 1. The molecule has 9 atom stereocenters. The number of methoxy groups -OCH3 is 4. The van der Waals surface area contributed by atoms with Crippen LogP contribution >= 0.6 is 59.7 Å². The quantitative estimate of drug-likeness (QED) is 0.0158. The van der Waals surface area contributed by atoms with Crippen molar-refractivity contribution in [1.82, 2.24) is 58.4 Å². The summed E-state index contributed by atoms with van der Waals surface area (Å²) in [5.41, 5.74) is -3.73. The van der Waals surface area contributed by atoms with Gasteiger partial charge in [-0.15, -0.1) is 47.0 Å². The zero-order chi connectivity index (χ0) is 104. The first-order valence-corrected chi connectivity index (χ1v) is 47.9. The predicted molar refractivity (Wildman–Crippen MR) is 505 cm³/mol. The van der Waals surface area contributed by atoms with Crippen molar-refractivity contribution < 1.29 is 132 Å². The highest BCUT2D eigenvalue weighted by Gasteiger charge is 2.47. The topological polar surface area (TPSA) is 491 Å². The minimum atomic E-state index is -1.49. The Labute approximate surface area is 824 Å². The van der Waals surface area contributed by atoms with Gasteiger partial charge in [0.2, 0.25) is 27.1 Å². The van der Waals surface area contributed by atoms with E-state index in [0.717, 1.165) is 85.9 Å². The molecule has 4 fully saturated rings. The first-order valence-electron chi connectivity index (χ1n) is 43.0. The number of carbonyl (C=O) groups is 11. The van der Waals surface area contributed by atoms with Crippen molar-refractivity contribution in [2.24, 2.45) is 5.73 Å². The van der Waals surface area contributed by atoms with Gasteiger partial charge in [0, 0.05) is 134 Å². The molecule has 5 aromatic heterocycles. The van der Waals surface area contributed by atoms with E-state index in [1.807, 2.05) is 34.6 Å². The minimum Gasteiger partial charge on any atom is -0.503 e. The zero-order valence-corrected chi connectivity index (χ0v) is 80.6. The molecule has 4 unspecified atom stereocenters. The highest BCUT2D eigenvalue weighted by Crippen LogP contribution is 2.41. The molecule has 0 radical (unpaired) electrons. The average Bonchev–Trinajstić information content (AvgIpc) is 0.755. The van der Waals surface area contributed by atoms with E-state index in [4.69, 9.17) is 30.2 Å². The number of hydrogen-bond acceptors (Lipinski definition) is 28. The van der Waals surface area contributed by atoms with Gasteiger partial charge < -0.3 is 108 Å². The smallest absolute Gasteiger partial charge is 0.358 e. The average molecular weight is 2090 g/mol. The molecule has 13 heterocycles. The Kier molecular flexibility index (Phi) is 37.2. The number of thiol groups is 1. The van der Waals surface area contributed by atoms with E-state index in [1.54, 1.807) is 66.6 Å². The van der Waals surface area contributed by atoms with Gasteiger partial charge in [0.25, 0.3) is 41.4 Å². The number of rotatable bonds is 19. The first kappa shape index (κ1) is 111. The van der Waals surface area contributed by atoms with Crippen LogP contribution in [-0.4, -0.2) is 237 Å². The number of hydrogen-bond donors (Lipinski definition) is 9. The van der Waals surface area contributed by atoms with Gasteiger partial charge in [-0.05, 0) is 95.5 Å². The summed E-state index contributed by atoms with van der Waals surface area (Å²) in [4.78, 5) is 203. The Morgan fingerprint density at radius 1 is 0.444 bits per heavy atom. The van der Waals surface area contributed by atoms with Crippen LogP contribution in [0.2, 0.25) is 0 Å².